The summed E-state index contributed by atoms with van der Waals surface area (Å²) < 4.78 is 25.5. The van der Waals surface area contributed by atoms with E-state index in [4.69, 9.17) is 0 Å². The van der Waals surface area contributed by atoms with Crippen LogP contribution in [0.5, 0.6) is 0 Å². The van der Waals surface area contributed by atoms with Crippen molar-refractivity contribution in [3.05, 3.63) is 33.1 Å². The highest BCUT2D eigenvalue weighted by atomic mass is 32.2. The van der Waals surface area contributed by atoms with Gasteiger partial charge in [-0.3, -0.25) is 14.8 Å². The van der Waals surface area contributed by atoms with Crippen LogP contribution in [-0.2, 0) is 16.9 Å². The van der Waals surface area contributed by atoms with Crippen LogP contribution in [0, 0.1) is 24.0 Å². The third-order valence-electron chi connectivity index (χ3n) is 4.64. The highest BCUT2D eigenvalue weighted by Crippen LogP contribution is 2.47. The standard InChI is InChI=1S/C15H20N4O4S2/c1-9-14(10(2)17(3)16-9)11-6-5-7-18(11)15-12(19(20)21)8-13(24-15)25(4,22)23/h8,11H,5-7H2,1-4H3. The fourth-order valence-electron chi connectivity index (χ4n) is 3.45. The van der Waals surface area contributed by atoms with Crippen LogP contribution in [0.4, 0.5) is 10.7 Å². The maximum atomic E-state index is 11.9. The summed E-state index contributed by atoms with van der Waals surface area (Å²) in [5, 5.41) is 16.3. The van der Waals surface area contributed by atoms with Crippen molar-refractivity contribution >= 4 is 31.9 Å². The Bertz CT molecular complexity index is 945. The van der Waals surface area contributed by atoms with Gasteiger partial charge in [0.05, 0.1) is 16.7 Å². The van der Waals surface area contributed by atoms with E-state index >= 15 is 0 Å². The van der Waals surface area contributed by atoms with E-state index in [1.54, 1.807) is 0 Å². The average Bonchev–Trinajstić information content (AvgIpc) is 3.16. The maximum Gasteiger partial charge on any atom is 0.305 e. The van der Waals surface area contributed by atoms with Crippen molar-refractivity contribution in [3.63, 3.8) is 0 Å². The summed E-state index contributed by atoms with van der Waals surface area (Å²) in [6, 6.07) is 1.15. The molecule has 1 atom stereocenters. The van der Waals surface area contributed by atoms with Crippen molar-refractivity contribution in [2.75, 3.05) is 17.7 Å². The molecule has 0 N–H and O–H groups in total. The van der Waals surface area contributed by atoms with Crippen LogP contribution in [0.15, 0.2) is 10.3 Å². The second kappa shape index (κ2) is 6.10. The first-order valence-corrected chi connectivity index (χ1v) is 10.6. The van der Waals surface area contributed by atoms with Gasteiger partial charge in [0, 0.05) is 37.2 Å². The van der Waals surface area contributed by atoms with Gasteiger partial charge in [0.2, 0.25) is 0 Å². The van der Waals surface area contributed by atoms with E-state index in [0.29, 0.717) is 11.5 Å². The van der Waals surface area contributed by atoms with Gasteiger partial charge in [0.25, 0.3) is 0 Å². The summed E-state index contributed by atoms with van der Waals surface area (Å²) in [5.41, 5.74) is 2.86. The fourth-order valence-corrected chi connectivity index (χ4v) is 5.55. The summed E-state index contributed by atoms with van der Waals surface area (Å²) in [6.45, 7) is 4.57. The van der Waals surface area contributed by atoms with Gasteiger partial charge in [-0.1, -0.05) is 11.3 Å². The molecule has 0 aromatic carbocycles. The predicted octanol–water partition coefficient (Wildman–Crippen LogP) is 2.75. The van der Waals surface area contributed by atoms with Crippen LogP contribution in [-0.4, -0.2) is 35.9 Å². The Hall–Kier alpha value is -1.94. The molecule has 1 fully saturated rings. The molecule has 0 radical (unpaired) electrons. The fraction of sp³-hybridized carbons (Fsp3) is 0.533. The number of sulfone groups is 1. The average molecular weight is 384 g/mol. The molecule has 3 rings (SSSR count). The number of aryl methyl sites for hydroxylation is 2. The van der Waals surface area contributed by atoms with E-state index in [1.165, 1.54) is 6.07 Å². The molecule has 8 nitrogen and oxygen atoms in total. The number of hydrogen-bond acceptors (Lipinski definition) is 7. The van der Waals surface area contributed by atoms with Gasteiger partial charge < -0.3 is 4.90 Å². The number of nitrogens with zero attached hydrogens (tertiary/aromatic N) is 4. The van der Waals surface area contributed by atoms with E-state index in [9.17, 15) is 18.5 Å². The molecule has 2 aromatic heterocycles. The Labute approximate surface area is 150 Å². The third-order valence-corrected chi connectivity index (χ3v) is 7.61. The topological polar surface area (TPSA) is 98.3 Å². The lowest BCUT2D eigenvalue weighted by Crippen LogP contribution is -2.23. The Balaban J connectivity index is 2.12. The zero-order valence-corrected chi connectivity index (χ0v) is 16.1. The van der Waals surface area contributed by atoms with E-state index in [0.717, 1.165) is 47.4 Å². The van der Waals surface area contributed by atoms with Gasteiger partial charge in [0.15, 0.2) is 14.8 Å². The minimum Gasteiger partial charge on any atom is -0.351 e. The minimum absolute atomic E-state index is 0.0273. The zero-order chi connectivity index (χ0) is 18.5. The van der Waals surface area contributed by atoms with E-state index < -0.39 is 14.8 Å². The number of thiophene rings is 1. The van der Waals surface area contributed by atoms with Crippen LogP contribution >= 0.6 is 11.3 Å². The van der Waals surface area contributed by atoms with Crippen LogP contribution in [0.2, 0.25) is 0 Å². The van der Waals surface area contributed by atoms with E-state index in [-0.39, 0.29) is 15.9 Å². The maximum absolute atomic E-state index is 11.9. The lowest BCUT2D eigenvalue weighted by atomic mass is 10.0. The van der Waals surface area contributed by atoms with E-state index in [2.05, 4.69) is 5.10 Å². The lowest BCUT2D eigenvalue weighted by molar-refractivity contribution is -0.383. The van der Waals surface area contributed by atoms with Gasteiger partial charge in [-0.25, -0.2) is 8.42 Å². The quantitative estimate of drug-likeness (QED) is 0.594. The monoisotopic (exact) mass is 384 g/mol. The summed E-state index contributed by atoms with van der Waals surface area (Å²) in [7, 11) is -1.62. The molecule has 25 heavy (non-hydrogen) atoms. The Morgan fingerprint density at radius 1 is 1.40 bits per heavy atom. The van der Waals surface area contributed by atoms with Gasteiger partial charge >= 0.3 is 5.69 Å². The largest absolute Gasteiger partial charge is 0.351 e. The molecular weight excluding hydrogens is 364 g/mol. The molecule has 1 aliphatic heterocycles. The van der Waals surface area contributed by atoms with Crippen molar-refractivity contribution in [2.24, 2.45) is 7.05 Å². The summed E-state index contributed by atoms with van der Waals surface area (Å²) in [4.78, 5) is 12.9. The molecule has 0 amide bonds. The van der Waals surface area contributed by atoms with Crippen molar-refractivity contribution in [2.45, 2.75) is 36.9 Å². The molecular formula is C15H20N4O4S2. The molecule has 10 heteroatoms. The summed E-state index contributed by atoms with van der Waals surface area (Å²) in [6.07, 6.45) is 2.82. The number of anilines is 1. The van der Waals surface area contributed by atoms with Crippen molar-refractivity contribution < 1.29 is 13.3 Å². The number of rotatable bonds is 4. The Morgan fingerprint density at radius 2 is 2.08 bits per heavy atom. The van der Waals surface area contributed by atoms with Crippen molar-refractivity contribution in [1.29, 1.82) is 0 Å². The molecule has 2 aromatic rings. The molecule has 136 valence electrons. The number of nitro groups is 1. The van der Waals surface area contributed by atoms with Crippen LogP contribution in [0.25, 0.3) is 0 Å². The van der Waals surface area contributed by atoms with Gasteiger partial charge in [0.1, 0.15) is 4.21 Å². The van der Waals surface area contributed by atoms with Gasteiger partial charge in [-0.05, 0) is 26.7 Å². The third kappa shape index (κ3) is 3.04. The second-order valence-electron chi connectivity index (χ2n) is 6.34. The molecule has 1 unspecified atom stereocenters. The highest BCUT2D eigenvalue weighted by molar-refractivity contribution is 7.92. The lowest BCUT2D eigenvalue weighted by Gasteiger charge is -2.25. The molecule has 0 bridgehead atoms. The molecule has 3 heterocycles. The first-order chi connectivity index (χ1) is 11.6. The normalized spacial score (nSPS) is 18.1. The summed E-state index contributed by atoms with van der Waals surface area (Å²) >= 11 is 0.978. The SMILES string of the molecule is Cc1nn(C)c(C)c1C1CCCN1c1sc(S(C)(=O)=O)cc1[N+](=O)[O-]. The number of aromatic nitrogens is 2. The second-order valence-corrected chi connectivity index (χ2v) is 9.62. The first-order valence-electron chi connectivity index (χ1n) is 7.86. The van der Waals surface area contributed by atoms with Crippen molar-refractivity contribution in [1.82, 2.24) is 9.78 Å². The highest BCUT2D eigenvalue weighted by Gasteiger charge is 2.36. The molecule has 0 aliphatic carbocycles. The molecule has 0 saturated carbocycles. The predicted molar refractivity (Wildman–Crippen MR) is 96.1 cm³/mol. The molecule has 1 saturated heterocycles. The molecule has 0 spiro atoms. The minimum atomic E-state index is -3.49. The first kappa shape index (κ1) is 17.9. The molecule has 1 aliphatic rings. The van der Waals surface area contributed by atoms with Crippen LogP contribution in [0.3, 0.4) is 0 Å². The smallest absolute Gasteiger partial charge is 0.305 e. The Morgan fingerprint density at radius 3 is 2.60 bits per heavy atom. The van der Waals surface area contributed by atoms with E-state index in [1.807, 2.05) is 30.5 Å². The van der Waals surface area contributed by atoms with Gasteiger partial charge in [-0.2, -0.15) is 5.10 Å². The van der Waals surface area contributed by atoms with Crippen LogP contribution < -0.4 is 4.90 Å². The van der Waals surface area contributed by atoms with Crippen LogP contribution in [0.1, 0.15) is 35.8 Å². The van der Waals surface area contributed by atoms with Gasteiger partial charge in [-0.15, -0.1) is 0 Å². The van der Waals surface area contributed by atoms with Crippen molar-refractivity contribution in [3.8, 4) is 0 Å². The zero-order valence-electron chi connectivity index (χ0n) is 14.5. The number of hydrogen-bond donors (Lipinski definition) is 0. The summed E-state index contributed by atoms with van der Waals surface area (Å²) in [5.74, 6) is 0. The Kier molecular flexibility index (Phi) is 4.36.